The number of rotatable bonds is 5. The van der Waals surface area contributed by atoms with Gasteiger partial charge in [0.25, 0.3) is 0 Å². The predicted octanol–water partition coefficient (Wildman–Crippen LogP) is 5.40. The average Bonchev–Trinajstić information content (AvgIpc) is 3.23. The Hall–Kier alpha value is -1.36. The van der Waals surface area contributed by atoms with Crippen LogP contribution in [0.5, 0.6) is 5.75 Å². The highest BCUT2D eigenvalue weighted by Gasteiger charge is 2.31. The third kappa shape index (κ3) is 4.86. The summed E-state index contributed by atoms with van der Waals surface area (Å²) >= 11 is 17.1. The molecule has 0 radical (unpaired) electrons. The topological polar surface area (TPSA) is 62.7 Å². The van der Waals surface area contributed by atoms with E-state index in [2.05, 4.69) is 20.8 Å². The molecule has 0 spiro atoms. The lowest BCUT2D eigenvalue weighted by Crippen LogP contribution is -2.48. The Balaban J connectivity index is 1.49. The van der Waals surface area contributed by atoms with E-state index in [0.29, 0.717) is 46.4 Å². The van der Waals surface area contributed by atoms with E-state index in [0.717, 1.165) is 16.4 Å². The van der Waals surface area contributed by atoms with Gasteiger partial charge in [-0.25, -0.2) is 13.4 Å². The first-order chi connectivity index (χ1) is 14.8. The van der Waals surface area contributed by atoms with Crippen molar-refractivity contribution in [3.63, 3.8) is 0 Å². The lowest BCUT2D eigenvalue weighted by atomic mass is 10.2. The molecule has 0 atom stereocenters. The molecule has 4 rings (SSSR count). The van der Waals surface area contributed by atoms with E-state index in [1.165, 1.54) is 22.8 Å². The molecule has 2 aromatic carbocycles. The minimum Gasteiger partial charge on any atom is -0.495 e. The highest BCUT2D eigenvalue weighted by Crippen LogP contribution is 2.33. The minimum absolute atomic E-state index is 0.159. The molecule has 1 saturated heterocycles. The van der Waals surface area contributed by atoms with Gasteiger partial charge in [-0.05, 0) is 36.4 Å². The van der Waals surface area contributed by atoms with Crippen molar-refractivity contribution in [1.29, 1.82) is 0 Å². The molecule has 0 amide bonds. The van der Waals surface area contributed by atoms with E-state index in [4.69, 9.17) is 32.9 Å². The van der Waals surface area contributed by atoms with Gasteiger partial charge in [0, 0.05) is 51.6 Å². The summed E-state index contributed by atoms with van der Waals surface area (Å²) in [4.78, 5) is 6.95. The Bertz CT molecular complexity index is 1190. The van der Waals surface area contributed by atoms with Gasteiger partial charge >= 0.3 is 0 Å². The van der Waals surface area contributed by atoms with E-state index in [1.807, 2.05) is 17.5 Å². The number of nitrogens with zero attached hydrogens (tertiary/aromatic N) is 3. The van der Waals surface area contributed by atoms with Crippen molar-refractivity contribution in [2.24, 2.45) is 0 Å². The maximum absolute atomic E-state index is 13.2. The van der Waals surface area contributed by atoms with Gasteiger partial charge < -0.3 is 9.64 Å². The van der Waals surface area contributed by atoms with Crippen LogP contribution in [0.2, 0.25) is 10.0 Å². The maximum Gasteiger partial charge on any atom is 0.246 e. The van der Waals surface area contributed by atoms with Crippen LogP contribution >= 0.6 is 50.5 Å². The predicted molar refractivity (Wildman–Crippen MR) is 129 cm³/mol. The lowest BCUT2D eigenvalue weighted by molar-refractivity contribution is 0.374. The van der Waals surface area contributed by atoms with Crippen LogP contribution in [0.1, 0.15) is 0 Å². The summed E-state index contributed by atoms with van der Waals surface area (Å²) in [5.74, 6) is 0.329. The van der Waals surface area contributed by atoms with Crippen LogP contribution in [0.4, 0.5) is 5.13 Å². The normalized spacial score (nSPS) is 15.3. The first kappa shape index (κ1) is 22.8. The van der Waals surface area contributed by atoms with Crippen LogP contribution in [0, 0.1) is 0 Å². The van der Waals surface area contributed by atoms with Crippen LogP contribution in [-0.2, 0) is 10.0 Å². The number of piperazine rings is 1. The van der Waals surface area contributed by atoms with Gasteiger partial charge in [-0.1, -0.05) is 39.1 Å². The molecule has 0 N–H and O–H groups in total. The molecule has 6 nitrogen and oxygen atoms in total. The number of hydrogen-bond donors (Lipinski definition) is 0. The molecular formula is C20H18BrCl2N3O3S2. The molecule has 3 aromatic rings. The zero-order valence-corrected chi connectivity index (χ0v) is 21.1. The van der Waals surface area contributed by atoms with E-state index >= 15 is 0 Å². The molecule has 0 saturated carbocycles. The quantitative estimate of drug-likeness (QED) is 0.416. The molecule has 2 heterocycles. The van der Waals surface area contributed by atoms with E-state index in [1.54, 1.807) is 24.3 Å². The molecule has 1 aliphatic rings. The fourth-order valence-corrected chi connectivity index (χ4v) is 6.89. The molecule has 164 valence electrons. The number of benzene rings is 2. The van der Waals surface area contributed by atoms with Gasteiger partial charge in [0.2, 0.25) is 10.0 Å². The molecule has 1 aromatic heterocycles. The SMILES string of the molecule is COc1ccc(Br)cc1S(=O)(=O)N1CCN(c2nc(-c3cc(Cl)cc(Cl)c3)cs2)CC1. The second-order valence-electron chi connectivity index (χ2n) is 6.86. The van der Waals surface area contributed by atoms with Gasteiger partial charge in [-0.15, -0.1) is 11.3 Å². The van der Waals surface area contributed by atoms with Crippen molar-refractivity contribution in [3.05, 3.63) is 56.3 Å². The summed E-state index contributed by atoms with van der Waals surface area (Å²) in [5, 5.41) is 3.90. The van der Waals surface area contributed by atoms with Crippen LogP contribution in [-0.4, -0.2) is 51.0 Å². The molecule has 0 bridgehead atoms. The second kappa shape index (κ2) is 9.25. The van der Waals surface area contributed by atoms with Crippen molar-refractivity contribution in [1.82, 2.24) is 9.29 Å². The summed E-state index contributed by atoms with van der Waals surface area (Å²) < 4.78 is 33.8. The Kier molecular flexibility index (Phi) is 6.81. The molecule has 0 unspecified atom stereocenters. The Labute approximate surface area is 203 Å². The molecule has 1 fully saturated rings. The molecule has 1 aliphatic heterocycles. The third-order valence-corrected chi connectivity index (χ3v) is 8.65. The number of hydrogen-bond acceptors (Lipinski definition) is 6. The summed E-state index contributed by atoms with van der Waals surface area (Å²) in [5.41, 5.74) is 1.64. The number of thiazole rings is 1. The Morgan fingerprint density at radius 1 is 1.06 bits per heavy atom. The molecule has 11 heteroatoms. The van der Waals surface area contributed by atoms with Gasteiger partial charge in [0.05, 0.1) is 12.8 Å². The van der Waals surface area contributed by atoms with E-state index in [-0.39, 0.29) is 4.90 Å². The highest BCUT2D eigenvalue weighted by molar-refractivity contribution is 9.10. The second-order valence-corrected chi connectivity index (χ2v) is 11.4. The zero-order chi connectivity index (χ0) is 22.2. The highest BCUT2D eigenvalue weighted by atomic mass is 79.9. The van der Waals surface area contributed by atoms with Crippen LogP contribution in [0.25, 0.3) is 11.3 Å². The van der Waals surface area contributed by atoms with Gasteiger partial charge in [-0.3, -0.25) is 0 Å². The van der Waals surface area contributed by atoms with Crippen molar-refractivity contribution in [2.75, 3.05) is 38.2 Å². The number of aromatic nitrogens is 1. The number of halogens is 3. The average molecular weight is 563 g/mol. The van der Waals surface area contributed by atoms with Crippen molar-refractivity contribution in [3.8, 4) is 17.0 Å². The fraction of sp³-hybridized carbons (Fsp3) is 0.250. The number of anilines is 1. The smallest absolute Gasteiger partial charge is 0.246 e. The number of methoxy groups -OCH3 is 1. The lowest BCUT2D eigenvalue weighted by Gasteiger charge is -2.34. The van der Waals surface area contributed by atoms with Crippen molar-refractivity contribution >= 4 is 65.6 Å². The van der Waals surface area contributed by atoms with E-state index in [9.17, 15) is 8.42 Å². The summed E-state index contributed by atoms with van der Waals surface area (Å²) in [6.45, 7) is 1.80. The van der Waals surface area contributed by atoms with Gasteiger partial charge in [0.15, 0.2) is 5.13 Å². The summed E-state index contributed by atoms with van der Waals surface area (Å²) in [7, 11) is -2.21. The first-order valence-corrected chi connectivity index (χ1v) is 13.2. The maximum atomic E-state index is 13.2. The number of sulfonamides is 1. The van der Waals surface area contributed by atoms with Crippen LogP contribution in [0.3, 0.4) is 0 Å². The minimum atomic E-state index is -3.67. The Morgan fingerprint density at radius 2 is 1.74 bits per heavy atom. The number of ether oxygens (including phenoxy) is 1. The molecule has 31 heavy (non-hydrogen) atoms. The standard InChI is InChI=1S/C20H18BrCl2N3O3S2/c1-29-18-3-2-14(21)10-19(18)31(27,28)26-6-4-25(5-7-26)20-24-17(12-30-20)13-8-15(22)11-16(23)9-13/h2-3,8-12H,4-7H2,1H3. The van der Waals surface area contributed by atoms with Crippen LogP contribution < -0.4 is 9.64 Å². The third-order valence-electron chi connectivity index (χ3n) is 4.90. The molecular weight excluding hydrogens is 545 g/mol. The zero-order valence-electron chi connectivity index (χ0n) is 16.4. The monoisotopic (exact) mass is 561 g/mol. The van der Waals surface area contributed by atoms with Crippen molar-refractivity contribution < 1.29 is 13.2 Å². The first-order valence-electron chi connectivity index (χ1n) is 9.28. The van der Waals surface area contributed by atoms with Crippen LogP contribution in [0.15, 0.2) is 51.1 Å². The summed E-state index contributed by atoms with van der Waals surface area (Å²) in [6, 6.07) is 10.3. The van der Waals surface area contributed by atoms with Gasteiger partial charge in [0.1, 0.15) is 10.6 Å². The van der Waals surface area contributed by atoms with Gasteiger partial charge in [-0.2, -0.15) is 4.31 Å². The van der Waals surface area contributed by atoms with Crippen molar-refractivity contribution in [2.45, 2.75) is 4.90 Å². The largest absolute Gasteiger partial charge is 0.495 e. The molecule has 0 aliphatic carbocycles. The fourth-order valence-electron chi connectivity index (χ4n) is 3.35. The summed E-state index contributed by atoms with van der Waals surface area (Å²) in [6.07, 6.45) is 0. The van der Waals surface area contributed by atoms with E-state index < -0.39 is 10.0 Å². The Morgan fingerprint density at radius 3 is 2.39 bits per heavy atom.